The highest BCUT2D eigenvalue weighted by Crippen LogP contribution is 2.39. The van der Waals surface area contributed by atoms with Gasteiger partial charge in [-0.2, -0.15) is 0 Å². The van der Waals surface area contributed by atoms with Gasteiger partial charge in [-0.1, -0.05) is 0 Å². The molecule has 2 aromatic rings. The number of hydrogen-bond donors (Lipinski definition) is 1. The highest BCUT2D eigenvalue weighted by molar-refractivity contribution is 6.46. The largest absolute Gasteiger partial charge is 0.507 e. The molecule has 0 unspecified atom stereocenters. The van der Waals surface area contributed by atoms with Gasteiger partial charge in [0, 0.05) is 38.2 Å². The third-order valence-electron chi connectivity index (χ3n) is 4.81. The van der Waals surface area contributed by atoms with Crippen molar-refractivity contribution in [3.63, 3.8) is 0 Å². The number of aliphatic hydroxyl groups is 1. The first-order valence-electron chi connectivity index (χ1n) is 9.88. The van der Waals surface area contributed by atoms with Crippen LogP contribution in [-0.4, -0.2) is 53.0 Å². The molecule has 1 aromatic carbocycles. The van der Waals surface area contributed by atoms with Crippen LogP contribution in [0.15, 0.2) is 54.4 Å². The summed E-state index contributed by atoms with van der Waals surface area (Å²) < 4.78 is 10.7. The Bertz CT molecular complexity index is 922. The van der Waals surface area contributed by atoms with E-state index < -0.39 is 17.7 Å². The summed E-state index contributed by atoms with van der Waals surface area (Å²) in [4.78, 5) is 31.1. The fraction of sp³-hybridized carbons (Fsp3) is 0.348. The third kappa shape index (κ3) is 4.52. The van der Waals surface area contributed by atoms with Crippen LogP contribution in [0.1, 0.15) is 37.4 Å². The Morgan fingerprint density at radius 2 is 1.80 bits per heavy atom. The van der Waals surface area contributed by atoms with Crippen LogP contribution in [0.3, 0.4) is 0 Å². The molecule has 3 rings (SSSR count). The minimum atomic E-state index is -0.700. The molecule has 0 aliphatic carbocycles. The highest BCUT2D eigenvalue weighted by atomic mass is 16.5. The summed E-state index contributed by atoms with van der Waals surface area (Å²) in [5.41, 5.74) is 1.23. The second-order valence-electron chi connectivity index (χ2n) is 7.31. The smallest absolute Gasteiger partial charge is 0.295 e. The molecule has 1 N–H and O–H groups in total. The molecule has 0 radical (unpaired) electrons. The van der Waals surface area contributed by atoms with Crippen LogP contribution in [0, 0.1) is 0 Å². The fourth-order valence-corrected chi connectivity index (χ4v) is 3.50. The van der Waals surface area contributed by atoms with Gasteiger partial charge in [-0.05, 0) is 62.2 Å². The standard InChI is InChI=1S/C23H26N2O5/c1-15(2)30-18-7-5-17(6-8-18)21(26)19-20(16-9-11-24-12-10-16)25(13-4-14-29-3)23(28)22(19)27/h5-12,15,20,26H,4,13-14H2,1-3H3/b21-19+/t20-/m0/s1. The molecule has 1 aliphatic rings. The summed E-state index contributed by atoms with van der Waals surface area (Å²) >= 11 is 0. The molecular formula is C23H26N2O5. The zero-order valence-corrected chi connectivity index (χ0v) is 17.4. The van der Waals surface area contributed by atoms with E-state index in [1.165, 1.54) is 4.90 Å². The Hall–Kier alpha value is -3.19. The number of nitrogens with zero attached hydrogens (tertiary/aromatic N) is 2. The van der Waals surface area contributed by atoms with Crippen LogP contribution in [0.4, 0.5) is 0 Å². The maximum absolute atomic E-state index is 12.9. The number of aliphatic hydroxyl groups excluding tert-OH is 1. The molecule has 7 heteroatoms. The Morgan fingerprint density at radius 3 is 2.40 bits per heavy atom. The predicted molar refractivity (Wildman–Crippen MR) is 112 cm³/mol. The number of amides is 1. The Kier molecular flexibility index (Phi) is 6.84. The number of pyridine rings is 1. The Balaban J connectivity index is 2.02. The quantitative estimate of drug-likeness (QED) is 0.311. The second kappa shape index (κ2) is 9.54. The summed E-state index contributed by atoms with van der Waals surface area (Å²) in [7, 11) is 1.58. The molecule has 2 heterocycles. The summed E-state index contributed by atoms with van der Waals surface area (Å²) in [6.45, 7) is 4.65. The molecule has 1 saturated heterocycles. The van der Waals surface area contributed by atoms with Gasteiger partial charge >= 0.3 is 0 Å². The SMILES string of the molecule is COCCCN1C(=O)C(=O)/C(=C(/O)c2ccc(OC(C)C)cc2)[C@@H]1c1ccncc1. The number of ketones is 1. The fourth-order valence-electron chi connectivity index (χ4n) is 3.50. The maximum atomic E-state index is 12.9. The third-order valence-corrected chi connectivity index (χ3v) is 4.81. The Labute approximate surface area is 175 Å². The number of benzene rings is 1. The van der Waals surface area contributed by atoms with Crippen molar-refractivity contribution in [1.82, 2.24) is 9.88 Å². The first-order valence-corrected chi connectivity index (χ1v) is 9.88. The van der Waals surface area contributed by atoms with Gasteiger partial charge in [-0.15, -0.1) is 0 Å². The minimum absolute atomic E-state index is 0.0218. The van der Waals surface area contributed by atoms with Gasteiger partial charge in [0.05, 0.1) is 17.7 Å². The molecule has 1 atom stereocenters. The van der Waals surface area contributed by atoms with E-state index in [2.05, 4.69) is 4.98 Å². The summed E-state index contributed by atoms with van der Waals surface area (Å²) in [5, 5.41) is 11.0. The van der Waals surface area contributed by atoms with Crippen molar-refractivity contribution in [2.45, 2.75) is 32.4 Å². The number of ether oxygens (including phenoxy) is 2. The van der Waals surface area contributed by atoms with Gasteiger partial charge in [0.2, 0.25) is 0 Å². The van der Waals surface area contributed by atoms with Crippen LogP contribution < -0.4 is 4.74 Å². The van der Waals surface area contributed by atoms with Crippen molar-refractivity contribution < 1.29 is 24.2 Å². The molecule has 0 bridgehead atoms. The van der Waals surface area contributed by atoms with E-state index >= 15 is 0 Å². The van der Waals surface area contributed by atoms with Crippen LogP contribution in [0.25, 0.3) is 5.76 Å². The van der Waals surface area contributed by atoms with E-state index in [0.717, 1.165) is 0 Å². The van der Waals surface area contributed by atoms with Crippen LogP contribution in [0.5, 0.6) is 5.75 Å². The number of methoxy groups -OCH3 is 1. The molecular weight excluding hydrogens is 384 g/mol. The number of hydrogen-bond acceptors (Lipinski definition) is 6. The summed E-state index contributed by atoms with van der Waals surface area (Å²) in [5.74, 6) is -0.879. The summed E-state index contributed by atoms with van der Waals surface area (Å²) in [6, 6.07) is 9.61. The van der Waals surface area contributed by atoms with Gasteiger partial charge in [-0.3, -0.25) is 14.6 Å². The number of carbonyl (C=O) groups excluding carboxylic acids is 2. The molecule has 0 spiro atoms. The number of rotatable bonds is 8. The lowest BCUT2D eigenvalue weighted by atomic mass is 9.96. The topological polar surface area (TPSA) is 89.0 Å². The molecule has 30 heavy (non-hydrogen) atoms. The van der Waals surface area contributed by atoms with E-state index in [4.69, 9.17) is 9.47 Å². The predicted octanol–water partition coefficient (Wildman–Crippen LogP) is 3.33. The zero-order chi connectivity index (χ0) is 21.7. The monoisotopic (exact) mass is 410 g/mol. The van der Waals surface area contributed by atoms with Crippen molar-refractivity contribution in [2.75, 3.05) is 20.3 Å². The molecule has 1 fully saturated rings. The zero-order valence-electron chi connectivity index (χ0n) is 17.4. The van der Waals surface area contributed by atoms with Gasteiger partial charge in [0.15, 0.2) is 0 Å². The molecule has 1 aromatic heterocycles. The lowest BCUT2D eigenvalue weighted by Crippen LogP contribution is -2.31. The van der Waals surface area contributed by atoms with Crippen LogP contribution in [0.2, 0.25) is 0 Å². The molecule has 158 valence electrons. The van der Waals surface area contributed by atoms with Gasteiger partial charge in [0.25, 0.3) is 11.7 Å². The van der Waals surface area contributed by atoms with Crippen molar-refractivity contribution in [1.29, 1.82) is 0 Å². The maximum Gasteiger partial charge on any atom is 0.295 e. The number of carbonyl (C=O) groups is 2. The molecule has 0 saturated carbocycles. The van der Waals surface area contributed by atoms with Crippen molar-refractivity contribution in [3.05, 3.63) is 65.5 Å². The summed E-state index contributed by atoms with van der Waals surface area (Å²) in [6.07, 6.45) is 3.80. The van der Waals surface area contributed by atoms with Crippen LogP contribution >= 0.6 is 0 Å². The van der Waals surface area contributed by atoms with E-state index in [1.54, 1.807) is 55.9 Å². The van der Waals surface area contributed by atoms with Gasteiger partial charge < -0.3 is 19.5 Å². The molecule has 7 nitrogen and oxygen atoms in total. The number of Topliss-reactive ketones (excluding diaryl/α,β-unsaturated/α-hetero) is 1. The normalized spacial score (nSPS) is 18.3. The van der Waals surface area contributed by atoms with Gasteiger partial charge in [-0.25, -0.2) is 0 Å². The average Bonchev–Trinajstić information content (AvgIpc) is 2.99. The Morgan fingerprint density at radius 1 is 1.13 bits per heavy atom. The lowest BCUT2D eigenvalue weighted by Gasteiger charge is -2.25. The molecule has 1 amide bonds. The van der Waals surface area contributed by atoms with E-state index in [1.807, 2.05) is 13.8 Å². The van der Waals surface area contributed by atoms with E-state index in [-0.39, 0.29) is 17.4 Å². The van der Waals surface area contributed by atoms with Crippen molar-refractivity contribution >= 4 is 17.4 Å². The van der Waals surface area contributed by atoms with E-state index in [0.29, 0.717) is 36.4 Å². The first-order chi connectivity index (χ1) is 14.4. The lowest BCUT2D eigenvalue weighted by molar-refractivity contribution is -0.140. The number of likely N-dealkylation sites (tertiary alicyclic amines) is 1. The van der Waals surface area contributed by atoms with Crippen LogP contribution in [-0.2, 0) is 14.3 Å². The number of aromatic nitrogens is 1. The second-order valence-corrected chi connectivity index (χ2v) is 7.31. The molecule has 1 aliphatic heterocycles. The van der Waals surface area contributed by atoms with Crippen molar-refractivity contribution in [3.8, 4) is 5.75 Å². The van der Waals surface area contributed by atoms with E-state index in [9.17, 15) is 14.7 Å². The minimum Gasteiger partial charge on any atom is -0.507 e. The average molecular weight is 410 g/mol. The highest BCUT2D eigenvalue weighted by Gasteiger charge is 2.45. The van der Waals surface area contributed by atoms with Crippen molar-refractivity contribution in [2.24, 2.45) is 0 Å². The first kappa shape index (κ1) is 21.5. The van der Waals surface area contributed by atoms with Gasteiger partial charge in [0.1, 0.15) is 11.5 Å².